The van der Waals surface area contributed by atoms with Gasteiger partial charge in [-0.3, -0.25) is 9.59 Å². The Morgan fingerprint density at radius 2 is 1.56 bits per heavy atom. The zero-order valence-electron chi connectivity index (χ0n) is 15.9. The normalized spacial score (nSPS) is 11.1. The first kappa shape index (κ1) is 20.6. The van der Waals surface area contributed by atoms with Crippen LogP contribution in [0.3, 0.4) is 0 Å². The molecule has 6 nitrogen and oxygen atoms in total. The van der Waals surface area contributed by atoms with Crippen molar-refractivity contribution in [3.05, 3.63) is 64.7 Å². The van der Waals surface area contributed by atoms with Crippen LogP contribution in [-0.2, 0) is 20.4 Å². The van der Waals surface area contributed by atoms with Gasteiger partial charge in [-0.1, -0.05) is 30.3 Å². The molecule has 0 aliphatic rings. The Morgan fingerprint density at radius 1 is 1.00 bits per heavy atom. The van der Waals surface area contributed by atoms with Gasteiger partial charge in [-0.25, -0.2) is 8.42 Å². The maximum absolute atomic E-state index is 12.5. The molecule has 0 bridgehead atoms. The molecule has 2 aromatic rings. The van der Waals surface area contributed by atoms with Crippen molar-refractivity contribution in [1.82, 2.24) is 4.90 Å². The van der Waals surface area contributed by atoms with E-state index in [1.807, 2.05) is 32.0 Å². The summed E-state index contributed by atoms with van der Waals surface area (Å²) in [5, 5.41) is 2.85. The van der Waals surface area contributed by atoms with Crippen LogP contribution in [0, 0.1) is 13.8 Å². The third-order valence-electron chi connectivity index (χ3n) is 4.10. The number of anilines is 1. The largest absolute Gasteiger partial charge is 0.332 e. The highest BCUT2D eigenvalue weighted by molar-refractivity contribution is 7.89. The van der Waals surface area contributed by atoms with E-state index >= 15 is 0 Å². The lowest BCUT2D eigenvalue weighted by Crippen LogP contribution is -2.35. The fourth-order valence-electron chi connectivity index (χ4n) is 2.74. The number of amides is 2. The summed E-state index contributed by atoms with van der Waals surface area (Å²) >= 11 is 0. The number of hydrogen-bond acceptors (Lipinski definition) is 4. The van der Waals surface area contributed by atoms with Gasteiger partial charge in [-0.2, -0.15) is 0 Å². The number of rotatable bonds is 6. The molecule has 1 N–H and O–H groups in total. The number of sulfone groups is 1. The van der Waals surface area contributed by atoms with E-state index < -0.39 is 9.84 Å². The summed E-state index contributed by atoms with van der Waals surface area (Å²) in [6, 6.07) is 12.1. The first-order chi connectivity index (χ1) is 12.6. The van der Waals surface area contributed by atoms with Crippen LogP contribution in [0.25, 0.3) is 0 Å². The Morgan fingerprint density at radius 3 is 2.07 bits per heavy atom. The highest BCUT2D eigenvalue weighted by Gasteiger charge is 2.16. The number of hydrogen-bond donors (Lipinski definition) is 1. The van der Waals surface area contributed by atoms with Crippen LogP contribution in [0.4, 0.5) is 5.69 Å². The number of benzene rings is 2. The molecule has 0 saturated carbocycles. The van der Waals surface area contributed by atoms with Crippen molar-refractivity contribution in [3.63, 3.8) is 0 Å². The van der Waals surface area contributed by atoms with Crippen molar-refractivity contribution in [2.24, 2.45) is 0 Å². The number of para-hydroxylation sites is 1. The molecule has 0 aromatic heterocycles. The number of likely N-dealkylation sites (N-methyl/N-ethyl adjacent to an activating group) is 1. The molecule has 0 radical (unpaired) electrons. The van der Waals surface area contributed by atoms with Crippen molar-refractivity contribution >= 4 is 27.3 Å². The number of nitrogens with one attached hydrogen (secondary N) is 1. The fourth-order valence-corrected chi connectivity index (χ4v) is 3.54. The smallest absolute Gasteiger partial charge is 0.254 e. The molecular weight excluding hydrogens is 364 g/mol. The molecule has 2 amide bonds. The van der Waals surface area contributed by atoms with Gasteiger partial charge in [-0.05, 0) is 42.7 Å². The minimum Gasteiger partial charge on any atom is -0.332 e. The van der Waals surface area contributed by atoms with Crippen molar-refractivity contribution in [2.75, 3.05) is 25.2 Å². The molecule has 0 saturated heterocycles. The topological polar surface area (TPSA) is 83.6 Å². The Balaban J connectivity index is 2.01. The highest BCUT2D eigenvalue weighted by Crippen LogP contribution is 2.19. The zero-order valence-corrected chi connectivity index (χ0v) is 16.8. The van der Waals surface area contributed by atoms with Gasteiger partial charge in [0.2, 0.25) is 5.91 Å². The average molecular weight is 388 g/mol. The molecule has 0 aliphatic carbocycles. The summed E-state index contributed by atoms with van der Waals surface area (Å²) in [5.74, 6) is -0.662. The second kappa shape index (κ2) is 8.35. The molecule has 27 heavy (non-hydrogen) atoms. The lowest BCUT2D eigenvalue weighted by Gasteiger charge is -2.18. The van der Waals surface area contributed by atoms with Crippen molar-refractivity contribution in [1.29, 1.82) is 0 Å². The van der Waals surface area contributed by atoms with Crippen molar-refractivity contribution in [2.45, 2.75) is 19.6 Å². The Hall–Kier alpha value is -2.67. The minimum absolute atomic E-state index is 0.0739. The summed E-state index contributed by atoms with van der Waals surface area (Å²) in [7, 11) is -1.58. The minimum atomic E-state index is -3.13. The maximum Gasteiger partial charge on any atom is 0.254 e. The van der Waals surface area contributed by atoms with E-state index in [0.29, 0.717) is 11.1 Å². The molecule has 2 rings (SSSR count). The number of nitrogens with zero attached hydrogens (tertiary/aromatic N) is 1. The van der Waals surface area contributed by atoms with Gasteiger partial charge < -0.3 is 10.2 Å². The second-order valence-electron chi connectivity index (χ2n) is 6.74. The highest BCUT2D eigenvalue weighted by atomic mass is 32.2. The summed E-state index contributed by atoms with van der Waals surface area (Å²) < 4.78 is 22.7. The Kier molecular flexibility index (Phi) is 6.38. The lowest BCUT2D eigenvalue weighted by molar-refractivity contribution is -0.116. The predicted molar refractivity (Wildman–Crippen MR) is 106 cm³/mol. The van der Waals surface area contributed by atoms with E-state index in [2.05, 4.69) is 5.32 Å². The maximum atomic E-state index is 12.5. The first-order valence-corrected chi connectivity index (χ1v) is 10.5. The van der Waals surface area contributed by atoms with Crippen LogP contribution in [0.15, 0.2) is 42.5 Å². The molecular formula is C20H24N2O4S. The third kappa shape index (κ3) is 5.92. The summed E-state index contributed by atoms with van der Waals surface area (Å²) in [6.07, 6.45) is 1.16. The lowest BCUT2D eigenvalue weighted by atomic mass is 10.1. The second-order valence-corrected chi connectivity index (χ2v) is 8.88. The van der Waals surface area contributed by atoms with E-state index in [4.69, 9.17) is 0 Å². The number of carbonyl (C=O) groups excluding carboxylic acids is 2. The molecule has 0 heterocycles. The van der Waals surface area contributed by atoms with E-state index in [-0.39, 0.29) is 24.1 Å². The SMILES string of the molecule is Cc1cccc(C)c1NC(=O)CN(C)C(=O)c1ccc(CS(C)(=O)=O)cc1. The first-order valence-electron chi connectivity index (χ1n) is 8.45. The van der Waals surface area contributed by atoms with Crippen LogP contribution in [0.1, 0.15) is 27.0 Å². The van der Waals surface area contributed by atoms with Gasteiger partial charge in [0.25, 0.3) is 5.91 Å². The van der Waals surface area contributed by atoms with Crippen LogP contribution < -0.4 is 5.32 Å². The Bertz CT molecular complexity index is 930. The average Bonchev–Trinajstić information content (AvgIpc) is 2.57. The summed E-state index contributed by atoms with van der Waals surface area (Å²) in [5.41, 5.74) is 3.69. The van der Waals surface area contributed by atoms with Gasteiger partial charge in [0.1, 0.15) is 0 Å². The molecule has 0 fully saturated rings. The van der Waals surface area contributed by atoms with Gasteiger partial charge >= 0.3 is 0 Å². The van der Waals surface area contributed by atoms with Gasteiger partial charge in [0, 0.05) is 24.6 Å². The molecule has 0 atom stereocenters. The molecule has 0 aliphatic heterocycles. The van der Waals surface area contributed by atoms with E-state index in [0.717, 1.165) is 23.1 Å². The zero-order chi connectivity index (χ0) is 20.2. The summed E-state index contributed by atoms with van der Waals surface area (Å²) in [6.45, 7) is 3.74. The third-order valence-corrected chi connectivity index (χ3v) is 4.96. The Labute approximate surface area is 160 Å². The standard InChI is InChI=1S/C20H24N2O4S/c1-14-6-5-7-15(2)19(14)21-18(23)12-22(3)20(24)17-10-8-16(9-11-17)13-27(4,25)26/h5-11H,12-13H2,1-4H3,(H,21,23). The van der Waals surface area contributed by atoms with E-state index in [1.54, 1.807) is 31.3 Å². The van der Waals surface area contributed by atoms with Crippen LogP contribution in [0.2, 0.25) is 0 Å². The molecule has 0 spiro atoms. The number of aryl methyl sites for hydroxylation is 2. The van der Waals surface area contributed by atoms with E-state index in [1.165, 1.54) is 4.90 Å². The van der Waals surface area contributed by atoms with Gasteiger partial charge in [-0.15, -0.1) is 0 Å². The quantitative estimate of drug-likeness (QED) is 0.824. The number of carbonyl (C=O) groups is 2. The van der Waals surface area contributed by atoms with Gasteiger partial charge in [0.15, 0.2) is 9.84 Å². The summed E-state index contributed by atoms with van der Waals surface area (Å²) in [4.78, 5) is 26.1. The van der Waals surface area contributed by atoms with Gasteiger partial charge in [0.05, 0.1) is 12.3 Å². The van der Waals surface area contributed by atoms with Crippen LogP contribution in [0.5, 0.6) is 0 Å². The fraction of sp³-hybridized carbons (Fsp3) is 0.300. The molecule has 0 unspecified atom stereocenters. The monoisotopic (exact) mass is 388 g/mol. The molecule has 144 valence electrons. The molecule has 7 heteroatoms. The van der Waals surface area contributed by atoms with Crippen LogP contribution in [-0.4, -0.2) is 45.0 Å². The van der Waals surface area contributed by atoms with Crippen LogP contribution >= 0.6 is 0 Å². The van der Waals surface area contributed by atoms with E-state index in [9.17, 15) is 18.0 Å². The molecule has 2 aromatic carbocycles. The predicted octanol–water partition coefficient (Wildman–Crippen LogP) is 2.56. The van der Waals surface area contributed by atoms with Crippen molar-refractivity contribution in [3.8, 4) is 0 Å². The van der Waals surface area contributed by atoms with Crippen molar-refractivity contribution < 1.29 is 18.0 Å².